The molecule has 1 heterocycles. The van der Waals surface area contributed by atoms with Gasteiger partial charge in [0.1, 0.15) is 11.4 Å². The zero-order chi connectivity index (χ0) is 23.0. The van der Waals surface area contributed by atoms with Gasteiger partial charge in [-0.2, -0.15) is 0 Å². The molecule has 1 saturated heterocycles. The minimum Gasteiger partial charge on any atom is -0.386 e. The van der Waals surface area contributed by atoms with E-state index in [9.17, 15) is 23.1 Å². The van der Waals surface area contributed by atoms with E-state index in [-0.39, 0.29) is 36.3 Å². The van der Waals surface area contributed by atoms with Gasteiger partial charge in [0.05, 0.1) is 30.0 Å². The molecule has 0 bridgehead atoms. The summed E-state index contributed by atoms with van der Waals surface area (Å²) in [6.45, 7) is 2.02. The van der Waals surface area contributed by atoms with Gasteiger partial charge >= 0.3 is 0 Å². The van der Waals surface area contributed by atoms with Crippen molar-refractivity contribution >= 4 is 17.3 Å². The van der Waals surface area contributed by atoms with Crippen LogP contribution in [0.2, 0.25) is 0 Å². The number of rotatable bonds is 5. The van der Waals surface area contributed by atoms with Crippen molar-refractivity contribution in [2.75, 3.05) is 18.4 Å². The van der Waals surface area contributed by atoms with E-state index in [1.54, 1.807) is 6.07 Å². The zero-order valence-corrected chi connectivity index (χ0v) is 18.0. The Morgan fingerprint density at radius 1 is 1.16 bits per heavy atom. The molecule has 4 N–H and O–H groups in total. The maximum Gasteiger partial charge on any atom is 0.256 e. The van der Waals surface area contributed by atoms with Crippen LogP contribution >= 0.6 is 0 Å². The van der Waals surface area contributed by atoms with E-state index in [1.165, 1.54) is 23.1 Å². The summed E-state index contributed by atoms with van der Waals surface area (Å²) >= 11 is 0. The predicted octanol–water partition coefficient (Wildman–Crippen LogP) is 4.11. The molecule has 4 rings (SSSR count). The normalized spacial score (nSPS) is 22.4. The highest BCUT2D eigenvalue weighted by Crippen LogP contribution is 2.39. The average Bonchev–Trinajstić information content (AvgIpc) is 2.76. The van der Waals surface area contributed by atoms with Crippen molar-refractivity contribution in [3.05, 3.63) is 58.9 Å². The molecule has 0 spiro atoms. The SMILES string of the molecule is CCc1ccc(Nc2c(C(=O)N3CC(O)(C4CCCCC4N)C3)ccc(F)c2F)c(F)c1. The minimum atomic E-state index is -1.26. The minimum absolute atomic E-state index is 0.0611. The van der Waals surface area contributed by atoms with Gasteiger partial charge in [-0.3, -0.25) is 4.79 Å². The van der Waals surface area contributed by atoms with Crippen LogP contribution in [0.3, 0.4) is 0 Å². The number of nitrogens with one attached hydrogen (secondary N) is 1. The Morgan fingerprint density at radius 2 is 1.88 bits per heavy atom. The summed E-state index contributed by atoms with van der Waals surface area (Å²) in [7, 11) is 0. The number of β-amino-alcohol motifs (C(OH)–C–C–N with tert-alkyl or cyclic N) is 1. The van der Waals surface area contributed by atoms with Gasteiger partial charge in [0, 0.05) is 12.0 Å². The van der Waals surface area contributed by atoms with Gasteiger partial charge in [0.25, 0.3) is 5.91 Å². The summed E-state index contributed by atoms with van der Waals surface area (Å²) in [4.78, 5) is 14.5. The summed E-state index contributed by atoms with van der Waals surface area (Å²) in [5, 5.41) is 13.5. The maximum atomic E-state index is 14.7. The lowest BCUT2D eigenvalue weighted by Crippen LogP contribution is -2.69. The van der Waals surface area contributed by atoms with Crippen LogP contribution in [0.15, 0.2) is 30.3 Å². The first-order valence-electron chi connectivity index (χ1n) is 11.0. The van der Waals surface area contributed by atoms with Crippen molar-refractivity contribution in [3.8, 4) is 0 Å². The molecule has 2 aromatic rings. The number of halogens is 3. The van der Waals surface area contributed by atoms with E-state index in [1.807, 2.05) is 6.92 Å². The summed E-state index contributed by atoms with van der Waals surface area (Å²) in [5.41, 5.74) is 5.25. The fourth-order valence-electron chi connectivity index (χ4n) is 4.86. The van der Waals surface area contributed by atoms with Gasteiger partial charge in [-0.1, -0.05) is 25.8 Å². The molecular weight excluding hydrogens is 419 g/mol. The van der Waals surface area contributed by atoms with E-state index in [0.29, 0.717) is 6.42 Å². The number of likely N-dealkylation sites (tertiary alicyclic amines) is 1. The second kappa shape index (κ2) is 8.75. The second-order valence-electron chi connectivity index (χ2n) is 8.90. The van der Waals surface area contributed by atoms with Crippen LogP contribution < -0.4 is 11.1 Å². The van der Waals surface area contributed by atoms with Crippen LogP contribution in [0.25, 0.3) is 0 Å². The number of carbonyl (C=O) groups excluding carboxylic acids is 1. The van der Waals surface area contributed by atoms with Crippen LogP contribution in [-0.2, 0) is 6.42 Å². The third kappa shape index (κ3) is 4.09. The molecule has 1 amide bonds. The Labute approximate surface area is 185 Å². The maximum absolute atomic E-state index is 14.7. The molecule has 1 aliphatic heterocycles. The Kier molecular flexibility index (Phi) is 6.18. The smallest absolute Gasteiger partial charge is 0.256 e. The first-order valence-corrected chi connectivity index (χ1v) is 11.0. The molecule has 0 aromatic heterocycles. The van der Waals surface area contributed by atoms with Gasteiger partial charge < -0.3 is 21.1 Å². The quantitative estimate of drug-likeness (QED) is 0.645. The fourth-order valence-corrected chi connectivity index (χ4v) is 4.86. The number of hydrogen-bond acceptors (Lipinski definition) is 4. The number of anilines is 2. The fraction of sp³-hybridized carbons (Fsp3) is 0.458. The lowest BCUT2D eigenvalue weighted by Gasteiger charge is -2.53. The van der Waals surface area contributed by atoms with E-state index in [0.717, 1.165) is 37.3 Å². The van der Waals surface area contributed by atoms with Gasteiger partial charge in [-0.25, -0.2) is 13.2 Å². The number of amides is 1. The van der Waals surface area contributed by atoms with Crippen molar-refractivity contribution in [1.82, 2.24) is 4.90 Å². The van der Waals surface area contributed by atoms with Crippen molar-refractivity contribution in [1.29, 1.82) is 0 Å². The molecule has 172 valence electrons. The molecule has 32 heavy (non-hydrogen) atoms. The molecule has 2 aromatic carbocycles. The highest BCUT2D eigenvalue weighted by Gasteiger charge is 2.51. The Hall–Kier alpha value is -2.58. The van der Waals surface area contributed by atoms with Crippen molar-refractivity contribution in [2.24, 2.45) is 11.7 Å². The van der Waals surface area contributed by atoms with Crippen molar-refractivity contribution < 1.29 is 23.1 Å². The Morgan fingerprint density at radius 3 is 2.53 bits per heavy atom. The number of aliphatic hydroxyl groups is 1. The number of benzene rings is 2. The van der Waals surface area contributed by atoms with Crippen LogP contribution in [0.1, 0.15) is 48.5 Å². The molecule has 8 heteroatoms. The number of nitrogens with two attached hydrogens (primary N) is 1. The number of carbonyl (C=O) groups is 1. The van der Waals surface area contributed by atoms with Crippen molar-refractivity contribution in [3.63, 3.8) is 0 Å². The monoisotopic (exact) mass is 447 g/mol. The molecule has 1 aliphatic carbocycles. The lowest BCUT2D eigenvalue weighted by molar-refractivity contribution is -0.131. The number of aryl methyl sites for hydroxylation is 1. The third-order valence-corrected chi connectivity index (χ3v) is 6.75. The molecule has 2 unspecified atom stereocenters. The third-order valence-electron chi connectivity index (χ3n) is 6.75. The van der Waals surface area contributed by atoms with Gasteiger partial charge in [0.2, 0.25) is 0 Å². The van der Waals surface area contributed by atoms with Crippen LogP contribution in [0.4, 0.5) is 24.5 Å². The molecule has 2 fully saturated rings. The summed E-state index contributed by atoms with van der Waals surface area (Å²) in [6.07, 6.45) is 4.26. The molecular formula is C24H28F3N3O2. The number of nitrogens with zero attached hydrogens (tertiary/aromatic N) is 1. The zero-order valence-electron chi connectivity index (χ0n) is 18.0. The molecule has 2 atom stereocenters. The van der Waals surface area contributed by atoms with Crippen LogP contribution in [-0.4, -0.2) is 40.6 Å². The van der Waals surface area contributed by atoms with E-state index < -0.39 is 34.6 Å². The molecule has 2 aliphatic rings. The van der Waals surface area contributed by atoms with Gasteiger partial charge in [-0.05, 0) is 49.1 Å². The molecule has 5 nitrogen and oxygen atoms in total. The second-order valence-corrected chi connectivity index (χ2v) is 8.90. The largest absolute Gasteiger partial charge is 0.386 e. The first-order chi connectivity index (χ1) is 15.2. The Balaban J connectivity index is 1.57. The van der Waals surface area contributed by atoms with Crippen LogP contribution in [0, 0.1) is 23.4 Å². The van der Waals surface area contributed by atoms with E-state index in [4.69, 9.17) is 5.73 Å². The van der Waals surface area contributed by atoms with Gasteiger partial charge in [-0.15, -0.1) is 0 Å². The van der Waals surface area contributed by atoms with Crippen molar-refractivity contribution in [2.45, 2.75) is 50.7 Å². The van der Waals surface area contributed by atoms with E-state index >= 15 is 0 Å². The number of hydrogen-bond donors (Lipinski definition) is 3. The summed E-state index contributed by atoms with van der Waals surface area (Å²) < 4.78 is 43.1. The predicted molar refractivity (Wildman–Crippen MR) is 116 cm³/mol. The Bertz CT molecular complexity index is 1020. The molecule has 0 radical (unpaired) electrons. The van der Waals surface area contributed by atoms with Gasteiger partial charge in [0.15, 0.2) is 11.6 Å². The summed E-state index contributed by atoms with van der Waals surface area (Å²) in [6, 6.07) is 6.33. The standard InChI is InChI=1S/C24H28F3N3O2/c1-2-14-7-10-20(18(26)11-14)29-22-15(8-9-17(25)21(22)27)23(31)30-12-24(32,13-30)16-5-3-4-6-19(16)28/h7-11,16,19,29,32H,2-6,12-13,28H2,1H3. The van der Waals surface area contributed by atoms with Crippen LogP contribution in [0.5, 0.6) is 0 Å². The lowest BCUT2D eigenvalue weighted by atomic mass is 9.70. The molecule has 1 saturated carbocycles. The average molecular weight is 448 g/mol. The van der Waals surface area contributed by atoms with E-state index in [2.05, 4.69) is 5.32 Å². The first kappa shape index (κ1) is 22.6. The highest BCUT2D eigenvalue weighted by atomic mass is 19.2. The highest BCUT2D eigenvalue weighted by molar-refractivity contribution is 6.01. The topological polar surface area (TPSA) is 78.6 Å². The summed E-state index contributed by atoms with van der Waals surface area (Å²) in [5.74, 6) is -3.71.